The van der Waals surface area contributed by atoms with Gasteiger partial charge in [-0.15, -0.1) is 0 Å². The van der Waals surface area contributed by atoms with Crippen molar-refractivity contribution in [3.8, 4) is 16.8 Å². The van der Waals surface area contributed by atoms with E-state index in [1.165, 1.54) is 37.9 Å². The molecule has 0 aliphatic rings. The maximum atomic E-state index is 6.48. The minimum atomic E-state index is 0.805. The summed E-state index contributed by atoms with van der Waals surface area (Å²) in [6.45, 7) is 0. The number of imidazole rings is 2. The number of fused-ring (bicyclic) bond motifs is 13. The number of hydrogen-bond donors (Lipinski definition) is 0. The van der Waals surface area contributed by atoms with Gasteiger partial charge in [-0.25, -0.2) is 9.38 Å². The van der Waals surface area contributed by atoms with Gasteiger partial charge in [0.15, 0.2) is 0 Å². The second-order valence-electron chi connectivity index (χ2n) is 11.2. The number of para-hydroxylation sites is 2. The molecule has 0 saturated carbocycles. The van der Waals surface area contributed by atoms with E-state index in [-0.39, 0.29) is 0 Å². The summed E-state index contributed by atoms with van der Waals surface area (Å²) >= 11 is 0. The molecule has 10 rings (SSSR count). The number of benzene rings is 7. The monoisotopic (exact) mass is 549 g/mol. The molecule has 3 aromatic heterocycles. The minimum Gasteiger partial charge on any atom is -0.437 e. The van der Waals surface area contributed by atoms with Crippen molar-refractivity contribution in [1.29, 1.82) is 0 Å². The lowest BCUT2D eigenvalue weighted by Crippen LogP contribution is -1.94. The van der Waals surface area contributed by atoms with E-state index in [0.29, 0.717) is 0 Å². The fraction of sp³-hybridized carbons (Fsp3) is 0. The third-order valence-corrected chi connectivity index (χ3v) is 8.91. The molecule has 0 N–H and O–H groups in total. The van der Waals surface area contributed by atoms with Gasteiger partial charge in [-0.1, -0.05) is 97.1 Å². The van der Waals surface area contributed by atoms with Crippen molar-refractivity contribution >= 4 is 71.3 Å². The molecular weight excluding hydrogens is 526 g/mol. The summed E-state index contributed by atoms with van der Waals surface area (Å²) in [4.78, 5) is 5.21. The highest BCUT2D eigenvalue weighted by molar-refractivity contribution is 6.25. The molecule has 0 amide bonds. The maximum Gasteiger partial charge on any atom is 0.232 e. The highest BCUT2D eigenvalue weighted by Crippen LogP contribution is 2.39. The Morgan fingerprint density at radius 3 is 1.81 bits per heavy atom. The average Bonchev–Trinajstić information content (AvgIpc) is 3.72. The van der Waals surface area contributed by atoms with Crippen molar-refractivity contribution in [2.75, 3.05) is 0 Å². The Morgan fingerprint density at radius 2 is 1.07 bits per heavy atom. The fourth-order valence-electron chi connectivity index (χ4n) is 6.99. The maximum absolute atomic E-state index is 6.48. The summed E-state index contributed by atoms with van der Waals surface area (Å²) in [5, 5.41) is 8.75. The zero-order chi connectivity index (χ0) is 28.1. The lowest BCUT2D eigenvalue weighted by atomic mass is 9.92. The number of rotatable bonds is 2. The van der Waals surface area contributed by atoms with Gasteiger partial charge in [-0.3, -0.25) is 4.57 Å². The summed E-state index contributed by atoms with van der Waals surface area (Å²) in [7, 11) is 0. The van der Waals surface area contributed by atoms with Crippen LogP contribution in [0, 0.1) is 0 Å². The molecular formula is C39H23N3O. The first-order valence-electron chi connectivity index (χ1n) is 14.6. The van der Waals surface area contributed by atoms with Gasteiger partial charge in [0.1, 0.15) is 11.1 Å². The van der Waals surface area contributed by atoms with Crippen LogP contribution in [0.1, 0.15) is 0 Å². The molecule has 3 heterocycles. The Kier molecular flexibility index (Phi) is 4.42. The van der Waals surface area contributed by atoms with Crippen LogP contribution in [0.3, 0.4) is 0 Å². The first-order chi connectivity index (χ1) is 21.3. The van der Waals surface area contributed by atoms with Crippen molar-refractivity contribution in [3.05, 3.63) is 140 Å². The summed E-state index contributed by atoms with van der Waals surface area (Å²) in [6.07, 6.45) is 0. The van der Waals surface area contributed by atoms with E-state index in [1.54, 1.807) is 0 Å². The van der Waals surface area contributed by atoms with Crippen molar-refractivity contribution in [3.63, 3.8) is 0 Å². The predicted molar refractivity (Wildman–Crippen MR) is 177 cm³/mol. The molecule has 0 unspecified atom stereocenters. The molecule has 0 atom stereocenters. The SMILES string of the molecule is c1ccc(-n2c3c4ccccc4oc3n3c4ccc(-c5ccc6c7ccccc7c7ccccc7c6c5)cc4nc23)cc1. The summed E-state index contributed by atoms with van der Waals surface area (Å²) < 4.78 is 10.8. The average molecular weight is 550 g/mol. The number of aromatic nitrogens is 3. The second-order valence-corrected chi connectivity index (χ2v) is 11.2. The van der Waals surface area contributed by atoms with Crippen LogP contribution in [-0.4, -0.2) is 14.0 Å². The van der Waals surface area contributed by atoms with E-state index >= 15 is 0 Å². The second kappa shape index (κ2) is 8.34. The Morgan fingerprint density at radius 1 is 0.488 bits per heavy atom. The Labute approximate surface area is 245 Å². The molecule has 0 aliphatic carbocycles. The van der Waals surface area contributed by atoms with E-state index in [0.717, 1.165) is 50.3 Å². The number of furan rings is 1. The molecule has 0 radical (unpaired) electrons. The Bertz CT molecular complexity index is 2690. The zero-order valence-electron chi connectivity index (χ0n) is 23.0. The lowest BCUT2D eigenvalue weighted by Gasteiger charge is -2.12. The molecule has 43 heavy (non-hydrogen) atoms. The van der Waals surface area contributed by atoms with Crippen LogP contribution in [0.25, 0.3) is 88.1 Å². The normalized spacial score (nSPS) is 12.2. The summed E-state index contributed by atoms with van der Waals surface area (Å²) in [5.41, 5.74) is 8.03. The van der Waals surface area contributed by atoms with E-state index in [4.69, 9.17) is 9.40 Å². The van der Waals surface area contributed by atoms with Gasteiger partial charge < -0.3 is 4.42 Å². The van der Waals surface area contributed by atoms with E-state index < -0.39 is 0 Å². The molecule has 7 aromatic carbocycles. The quantitative estimate of drug-likeness (QED) is 0.201. The molecule has 0 spiro atoms. The van der Waals surface area contributed by atoms with Crippen molar-refractivity contribution < 1.29 is 4.42 Å². The molecule has 0 saturated heterocycles. The minimum absolute atomic E-state index is 0.805. The Balaban J connectivity index is 1.24. The highest BCUT2D eigenvalue weighted by atomic mass is 16.3. The molecule has 0 fully saturated rings. The summed E-state index contributed by atoms with van der Waals surface area (Å²) in [5.74, 6) is 0.842. The third kappa shape index (κ3) is 3.07. The largest absolute Gasteiger partial charge is 0.437 e. The molecule has 0 bridgehead atoms. The first kappa shape index (κ1) is 22.8. The molecule has 10 aromatic rings. The van der Waals surface area contributed by atoms with E-state index in [1.807, 2.05) is 18.2 Å². The van der Waals surface area contributed by atoms with Crippen molar-refractivity contribution in [2.45, 2.75) is 0 Å². The standard InChI is InChI=1S/C39H23N3O/c1-2-10-26(11-3-1)41-37-32-16-8-9-17-36(32)43-38(37)42-35-21-19-25(23-34(35)40-39(41)42)24-18-20-31-29-14-5-4-12-27(29)28-13-6-7-15-30(28)33(31)22-24/h1-23H. The van der Waals surface area contributed by atoms with Crippen molar-refractivity contribution in [2.24, 2.45) is 0 Å². The number of hydrogen-bond acceptors (Lipinski definition) is 2. The van der Waals surface area contributed by atoms with Crippen LogP contribution >= 0.6 is 0 Å². The molecule has 4 heteroatoms. The van der Waals surface area contributed by atoms with Gasteiger partial charge in [-0.2, -0.15) is 0 Å². The number of nitrogens with zero attached hydrogens (tertiary/aromatic N) is 3. The van der Waals surface area contributed by atoms with Crippen LogP contribution < -0.4 is 0 Å². The van der Waals surface area contributed by atoms with Crippen LogP contribution in [0.4, 0.5) is 0 Å². The van der Waals surface area contributed by atoms with E-state index in [2.05, 4.69) is 130 Å². The highest BCUT2D eigenvalue weighted by Gasteiger charge is 2.23. The topological polar surface area (TPSA) is 35.4 Å². The van der Waals surface area contributed by atoms with Crippen LogP contribution in [0.2, 0.25) is 0 Å². The predicted octanol–water partition coefficient (Wildman–Crippen LogP) is 10.3. The fourth-order valence-corrected chi connectivity index (χ4v) is 6.99. The van der Waals surface area contributed by atoms with Gasteiger partial charge in [0.25, 0.3) is 0 Å². The molecule has 0 aliphatic heterocycles. The third-order valence-electron chi connectivity index (χ3n) is 8.91. The van der Waals surface area contributed by atoms with Crippen molar-refractivity contribution in [1.82, 2.24) is 14.0 Å². The van der Waals surface area contributed by atoms with Gasteiger partial charge in [-0.05, 0) is 85.9 Å². The van der Waals surface area contributed by atoms with Crippen LogP contribution in [-0.2, 0) is 0 Å². The lowest BCUT2D eigenvalue weighted by molar-refractivity contribution is 0.651. The zero-order valence-corrected chi connectivity index (χ0v) is 23.0. The summed E-state index contributed by atoms with van der Waals surface area (Å²) in [6, 6.07) is 49.5. The van der Waals surface area contributed by atoms with E-state index in [9.17, 15) is 0 Å². The molecule has 4 nitrogen and oxygen atoms in total. The van der Waals surface area contributed by atoms with Gasteiger partial charge in [0.2, 0.25) is 11.5 Å². The smallest absolute Gasteiger partial charge is 0.232 e. The molecule has 200 valence electrons. The first-order valence-corrected chi connectivity index (χ1v) is 14.6. The van der Waals surface area contributed by atoms with Gasteiger partial charge >= 0.3 is 0 Å². The van der Waals surface area contributed by atoms with Gasteiger partial charge in [0, 0.05) is 11.1 Å². The van der Waals surface area contributed by atoms with Crippen LogP contribution in [0.5, 0.6) is 0 Å². The van der Waals surface area contributed by atoms with Crippen LogP contribution in [0.15, 0.2) is 144 Å². The Hall–Kier alpha value is -5.87. The van der Waals surface area contributed by atoms with Gasteiger partial charge in [0.05, 0.1) is 11.0 Å².